The number of carbonyl (C=O) groups is 1. The molecule has 3 aromatic rings. The number of nitrogens with zero attached hydrogens (tertiary/aromatic N) is 3. The third-order valence-corrected chi connectivity index (χ3v) is 5.59. The molecule has 1 aromatic carbocycles. The normalized spacial score (nSPS) is 11.3. The van der Waals surface area contributed by atoms with E-state index in [4.69, 9.17) is 0 Å². The van der Waals surface area contributed by atoms with E-state index in [1.165, 1.54) is 12.4 Å². The summed E-state index contributed by atoms with van der Waals surface area (Å²) < 4.78 is 13.9. The molecule has 8 heteroatoms. The summed E-state index contributed by atoms with van der Waals surface area (Å²) in [6, 6.07) is 6.13. The van der Waals surface area contributed by atoms with Gasteiger partial charge in [0.1, 0.15) is 0 Å². The first-order valence-electron chi connectivity index (χ1n) is 8.95. The highest BCUT2D eigenvalue weighted by Gasteiger charge is 2.16. The molecule has 1 N–H and O–H groups in total. The quantitative estimate of drug-likeness (QED) is 0.449. The molecular weight excluding hydrogens is 418 g/mol. The van der Waals surface area contributed by atoms with Crippen LogP contribution in [0.3, 0.4) is 0 Å². The van der Waals surface area contributed by atoms with Gasteiger partial charge < -0.3 is 5.32 Å². The Hall–Kier alpha value is -2.89. The van der Waals surface area contributed by atoms with Crippen molar-refractivity contribution in [3.8, 4) is 11.3 Å². The van der Waals surface area contributed by atoms with Crippen molar-refractivity contribution < 1.29 is 9.18 Å². The number of carbonyl (C=O) groups excluding carboxylic acids is 1. The highest BCUT2D eigenvalue weighted by atomic mass is 32.2. The maximum atomic E-state index is 13.9. The number of anilines is 1. The maximum Gasteiger partial charge on any atom is 0.260 e. The van der Waals surface area contributed by atoms with Gasteiger partial charge in [-0.15, -0.1) is 21.0 Å². The Balaban J connectivity index is 1.86. The van der Waals surface area contributed by atoms with E-state index in [9.17, 15) is 9.18 Å². The summed E-state index contributed by atoms with van der Waals surface area (Å²) in [6.45, 7) is 5.76. The lowest BCUT2D eigenvalue weighted by molar-refractivity contribution is 0.102. The van der Waals surface area contributed by atoms with Crippen LogP contribution in [-0.4, -0.2) is 27.1 Å². The van der Waals surface area contributed by atoms with Crippen LogP contribution in [0, 0.1) is 12.7 Å². The molecule has 152 valence electrons. The Morgan fingerprint density at radius 1 is 1.23 bits per heavy atom. The molecule has 0 aliphatic heterocycles. The number of aromatic nitrogens is 3. The largest absolute Gasteiger partial charge is 0.305 e. The standard InChI is InChI=1S/C22H20FN4OPS/c1-4-5-19(30-3)14-7-6-13(2)15(8-14)17-10-26-20(12-25-17)27-22(28)21-16(23)9-24-11-18(21)29/h4-12H,1,29H2,2-3H3,(H,26,27,28)/b19-5-. The molecule has 3 rings (SSSR count). The first kappa shape index (κ1) is 21.8. The fraction of sp³-hybridized carbons (Fsp3) is 0.0909. The Bertz CT molecular complexity index is 1110. The predicted molar refractivity (Wildman–Crippen MR) is 125 cm³/mol. The van der Waals surface area contributed by atoms with E-state index in [0.29, 0.717) is 11.0 Å². The minimum absolute atomic E-state index is 0.0944. The van der Waals surface area contributed by atoms with E-state index in [2.05, 4.69) is 48.2 Å². The molecule has 1 unspecified atom stereocenters. The average Bonchev–Trinajstić information content (AvgIpc) is 2.73. The fourth-order valence-electron chi connectivity index (χ4n) is 2.84. The zero-order valence-electron chi connectivity index (χ0n) is 16.5. The summed E-state index contributed by atoms with van der Waals surface area (Å²) in [5, 5.41) is 2.93. The molecular formula is C22H20FN4OPS. The summed E-state index contributed by atoms with van der Waals surface area (Å²) in [5.74, 6) is -1.08. The summed E-state index contributed by atoms with van der Waals surface area (Å²) in [5.41, 5.74) is 3.63. The van der Waals surface area contributed by atoms with Gasteiger partial charge in [0, 0.05) is 22.0 Å². The number of rotatable bonds is 6. The predicted octanol–water partition coefficient (Wildman–Crippen LogP) is 4.63. The van der Waals surface area contributed by atoms with Crippen LogP contribution in [0.25, 0.3) is 16.2 Å². The van der Waals surface area contributed by atoms with Crippen molar-refractivity contribution in [1.29, 1.82) is 0 Å². The highest BCUT2D eigenvalue weighted by molar-refractivity contribution is 8.07. The SMILES string of the molecule is C=C/C=C(\SC)c1ccc(C)c(-c2cnc(NC(=O)c3c(F)cncc3P)cn2)c1. The molecule has 30 heavy (non-hydrogen) atoms. The fourth-order valence-corrected chi connectivity index (χ4v) is 3.79. The van der Waals surface area contributed by atoms with Gasteiger partial charge >= 0.3 is 0 Å². The van der Waals surface area contributed by atoms with E-state index in [-0.39, 0.29) is 11.4 Å². The van der Waals surface area contributed by atoms with E-state index in [1.54, 1.807) is 24.0 Å². The number of nitrogens with one attached hydrogen (secondary N) is 1. The molecule has 5 nitrogen and oxygen atoms in total. The average molecular weight is 438 g/mol. The molecule has 1 atom stereocenters. The van der Waals surface area contributed by atoms with Crippen molar-refractivity contribution in [1.82, 2.24) is 15.0 Å². The summed E-state index contributed by atoms with van der Waals surface area (Å²) >= 11 is 1.64. The van der Waals surface area contributed by atoms with Gasteiger partial charge in [-0.2, -0.15) is 0 Å². The Labute approximate surface area is 181 Å². The van der Waals surface area contributed by atoms with Crippen molar-refractivity contribution in [2.45, 2.75) is 6.92 Å². The lowest BCUT2D eigenvalue weighted by atomic mass is 10.0. The highest BCUT2D eigenvalue weighted by Crippen LogP contribution is 2.30. The summed E-state index contributed by atoms with van der Waals surface area (Å²) in [4.78, 5) is 25.9. The van der Waals surface area contributed by atoms with Crippen LogP contribution >= 0.6 is 21.0 Å². The van der Waals surface area contributed by atoms with Crippen molar-refractivity contribution in [3.05, 3.63) is 84.2 Å². The first-order valence-corrected chi connectivity index (χ1v) is 10.7. The van der Waals surface area contributed by atoms with E-state index in [1.807, 2.05) is 25.3 Å². The van der Waals surface area contributed by atoms with Crippen molar-refractivity contribution in [3.63, 3.8) is 0 Å². The van der Waals surface area contributed by atoms with E-state index in [0.717, 1.165) is 27.8 Å². The van der Waals surface area contributed by atoms with Crippen LogP contribution in [-0.2, 0) is 0 Å². The molecule has 0 spiro atoms. The second kappa shape index (κ2) is 9.74. The number of thioether (sulfide) groups is 1. The Morgan fingerprint density at radius 3 is 2.67 bits per heavy atom. The topological polar surface area (TPSA) is 67.8 Å². The molecule has 2 heterocycles. The Morgan fingerprint density at radius 2 is 2.03 bits per heavy atom. The third kappa shape index (κ3) is 4.81. The van der Waals surface area contributed by atoms with Gasteiger partial charge in [-0.1, -0.05) is 24.8 Å². The zero-order valence-corrected chi connectivity index (χ0v) is 18.5. The number of amides is 1. The van der Waals surface area contributed by atoms with Crippen LogP contribution in [0.15, 0.2) is 61.7 Å². The molecule has 2 aromatic heterocycles. The number of aryl methyl sites for hydroxylation is 1. The Kier molecular flexibility index (Phi) is 7.08. The van der Waals surface area contributed by atoms with Gasteiger partial charge in [-0.25, -0.2) is 9.37 Å². The lowest BCUT2D eigenvalue weighted by Gasteiger charge is -2.11. The minimum atomic E-state index is -0.700. The molecule has 0 saturated carbocycles. The molecule has 0 saturated heterocycles. The number of hydrogen-bond acceptors (Lipinski definition) is 5. The minimum Gasteiger partial charge on any atom is -0.305 e. The molecule has 0 fully saturated rings. The second-order valence-corrected chi connectivity index (χ2v) is 7.80. The third-order valence-electron chi connectivity index (χ3n) is 4.34. The molecule has 1 amide bonds. The number of halogens is 1. The van der Waals surface area contributed by atoms with Gasteiger partial charge in [0.25, 0.3) is 5.91 Å². The van der Waals surface area contributed by atoms with Gasteiger partial charge in [-0.05, 0) is 36.4 Å². The van der Waals surface area contributed by atoms with Crippen LogP contribution in [0.4, 0.5) is 10.2 Å². The summed E-state index contributed by atoms with van der Waals surface area (Å²) in [7, 11) is 2.30. The molecule has 0 radical (unpaired) electrons. The molecule has 0 aliphatic rings. The lowest BCUT2D eigenvalue weighted by Crippen LogP contribution is -2.21. The molecule has 0 aliphatic carbocycles. The van der Waals surface area contributed by atoms with Crippen LogP contribution < -0.4 is 10.6 Å². The maximum absolute atomic E-state index is 13.9. The number of allylic oxidation sites excluding steroid dienone is 2. The first-order chi connectivity index (χ1) is 14.4. The van der Waals surface area contributed by atoms with E-state index < -0.39 is 11.7 Å². The van der Waals surface area contributed by atoms with Crippen molar-refractivity contribution in [2.24, 2.45) is 0 Å². The van der Waals surface area contributed by atoms with Gasteiger partial charge in [0.15, 0.2) is 11.6 Å². The number of hydrogen-bond donors (Lipinski definition) is 1. The smallest absolute Gasteiger partial charge is 0.260 e. The van der Waals surface area contributed by atoms with E-state index >= 15 is 0 Å². The van der Waals surface area contributed by atoms with Gasteiger partial charge in [0.2, 0.25) is 0 Å². The number of pyridine rings is 1. The van der Waals surface area contributed by atoms with Gasteiger partial charge in [-0.3, -0.25) is 14.8 Å². The summed E-state index contributed by atoms with van der Waals surface area (Å²) in [6.07, 6.45) is 11.2. The number of benzene rings is 1. The zero-order chi connectivity index (χ0) is 21.7. The van der Waals surface area contributed by atoms with Crippen LogP contribution in [0.2, 0.25) is 0 Å². The van der Waals surface area contributed by atoms with Crippen molar-refractivity contribution in [2.75, 3.05) is 11.6 Å². The van der Waals surface area contributed by atoms with Crippen LogP contribution in [0.5, 0.6) is 0 Å². The van der Waals surface area contributed by atoms with Crippen LogP contribution in [0.1, 0.15) is 21.5 Å². The van der Waals surface area contributed by atoms with Crippen molar-refractivity contribution >= 4 is 42.9 Å². The molecule has 0 bridgehead atoms. The second-order valence-electron chi connectivity index (χ2n) is 6.33. The van der Waals surface area contributed by atoms with Gasteiger partial charge in [0.05, 0.1) is 29.8 Å². The monoisotopic (exact) mass is 438 g/mol.